The molecule has 0 unspecified atom stereocenters. The highest BCUT2D eigenvalue weighted by Crippen LogP contribution is 2.57. The largest absolute Gasteiger partial charge is 0.466 e. The van der Waals surface area contributed by atoms with Crippen LogP contribution in [0.5, 0.6) is 0 Å². The molecule has 5 aliphatic rings. The number of hydrogen-bond donors (Lipinski definition) is 1. The van der Waals surface area contributed by atoms with Gasteiger partial charge < -0.3 is 38.6 Å². The van der Waals surface area contributed by atoms with E-state index in [0.717, 1.165) is 115 Å². The van der Waals surface area contributed by atoms with Crippen molar-refractivity contribution < 1.29 is 57.2 Å². The van der Waals surface area contributed by atoms with Crippen LogP contribution in [0.2, 0.25) is 0 Å². The standard InChI is InChI=1S/C52H84N2O12/c1-3-5-7-9-11-19-29-61-46(55)21-13-15-23-48(57)63-37-52(40-66-51(60)53-25-28-54-26-17-18-27-54,39-65-50(59)36-45-43-32-41-31-42(34-43)35-44(45)33-41)38-64-49(58)24-16-14-22-47(56)62-30-20-12-10-8-6-4-2/h5-8,41-45H,3-4,9-40H2,1-2H3,(H,53,60)/b7-5-,8-6-. The molecular formula is C52H84N2O12. The number of hydrogen-bond acceptors (Lipinski definition) is 13. The molecule has 1 N–H and O–H groups in total. The minimum absolute atomic E-state index is 0.0235. The first kappa shape index (κ1) is 54.7. The van der Waals surface area contributed by atoms with E-state index in [4.69, 9.17) is 28.4 Å². The van der Waals surface area contributed by atoms with E-state index in [1.54, 1.807) is 0 Å². The summed E-state index contributed by atoms with van der Waals surface area (Å²) in [5.41, 5.74) is -1.40. The number of allylic oxidation sites excluding steroid dienone is 4. The molecule has 1 amide bonds. The number of carbonyl (C=O) groups is 6. The van der Waals surface area contributed by atoms with Crippen LogP contribution in [-0.2, 0) is 52.4 Å². The Bertz CT molecular complexity index is 1440. The van der Waals surface area contributed by atoms with Crippen LogP contribution in [0.15, 0.2) is 24.3 Å². The third-order valence-corrected chi connectivity index (χ3v) is 13.7. The molecule has 374 valence electrons. The molecule has 0 spiro atoms. The molecule has 66 heavy (non-hydrogen) atoms. The number of amides is 1. The number of unbranched alkanes of at least 4 members (excludes halogenated alkanes) is 6. The van der Waals surface area contributed by atoms with Gasteiger partial charge in [0.05, 0.1) is 13.2 Å². The van der Waals surface area contributed by atoms with Crippen molar-refractivity contribution in [2.24, 2.45) is 35.0 Å². The average molecular weight is 929 g/mol. The average Bonchev–Trinajstić information content (AvgIpc) is 3.83. The zero-order chi connectivity index (χ0) is 47.2. The molecule has 1 saturated heterocycles. The lowest BCUT2D eigenvalue weighted by atomic mass is 9.51. The Balaban J connectivity index is 1.32. The number of esters is 5. The van der Waals surface area contributed by atoms with Crippen molar-refractivity contribution in [2.75, 3.05) is 65.8 Å². The van der Waals surface area contributed by atoms with Gasteiger partial charge in [0, 0.05) is 45.2 Å². The Morgan fingerprint density at radius 1 is 0.530 bits per heavy atom. The smallest absolute Gasteiger partial charge is 0.407 e. The molecule has 0 radical (unpaired) electrons. The Hall–Kier alpha value is -3.94. The fourth-order valence-corrected chi connectivity index (χ4v) is 10.2. The van der Waals surface area contributed by atoms with Gasteiger partial charge >= 0.3 is 35.9 Å². The molecule has 0 aromatic rings. The summed E-state index contributed by atoms with van der Waals surface area (Å²) in [6.07, 6.45) is 25.8. The predicted octanol–water partition coefficient (Wildman–Crippen LogP) is 9.37. The highest BCUT2D eigenvalue weighted by molar-refractivity contribution is 5.72. The topological polar surface area (TPSA) is 173 Å². The number of rotatable bonds is 35. The molecule has 4 bridgehead atoms. The Morgan fingerprint density at radius 3 is 1.44 bits per heavy atom. The van der Waals surface area contributed by atoms with Crippen molar-refractivity contribution in [2.45, 2.75) is 168 Å². The third-order valence-electron chi connectivity index (χ3n) is 13.7. The van der Waals surface area contributed by atoms with E-state index in [-0.39, 0.29) is 75.9 Å². The number of alkyl carbamates (subject to hydrolysis) is 1. The van der Waals surface area contributed by atoms with Crippen molar-refractivity contribution in [3.05, 3.63) is 24.3 Å². The van der Waals surface area contributed by atoms with Crippen LogP contribution >= 0.6 is 0 Å². The van der Waals surface area contributed by atoms with Crippen LogP contribution < -0.4 is 5.32 Å². The van der Waals surface area contributed by atoms with Gasteiger partial charge in [-0.25, -0.2) is 4.79 Å². The highest BCUT2D eigenvalue weighted by atomic mass is 16.6. The molecule has 0 atom stereocenters. The van der Waals surface area contributed by atoms with E-state index >= 15 is 0 Å². The molecule has 5 rings (SSSR count). The highest BCUT2D eigenvalue weighted by Gasteiger charge is 2.49. The van der Waals surface area contributed by atoms with Crippen molar-refractivity contribution in [1.29, 1.82) is 0 Å². The Labute approximate surface area is 395 Å². The van der Waals surface area contributed by atoms with E-state index in [1.807, 2.05) is 0 Å². The SMILES string of the molecule is CC/C=C\CCCCOC(=O)CCCCC(=O)OCC(COC(=O)CCCCC(=O)OCCCC/C=C\CC)(COC(=O)CC1C2CC3CC(C2)CC1C3)COC(=O)NCCN1CCCC1. The van der Waals surface area contributed by atoms with E-state index in [9.17, 15) is 28.8 Å². The lowest BCUT2D eigenvalue weighted by Gasteiger charge is -2.54. The normalized spacial score (nSPS) is 21.3. The molecule has 4 aliphatic carbocycles. The lowest BCUT2D eigenvalue weighted by Crippen LogP contribution is -2.47. The van der Waals surface area contributed by atoms with Gasteiger partial charge in [0.2, 0.25) is 0 Å². The fraction of sp³-hybridized carbons (Fsp3) is 0.808. The summed E-state index contributed by atoms with van der Waals surface area (Å²) in [5.74, 6) is 0.762. The van der Waals surface area contributed by atoms with Gasteiger partial charge in [-0.3, -0.25) is 24.0 Å². The molecule has 14 heteroatoms. The monoisotopic (exact) mass is 929 g/mol. The number of carbonyl (C=O) groups excluding carboxylic acids is 6. The third kappa shape index (κ3) is 22.2. The lowest BCUT2D eigenvalue weighted by molar-refractivity contribution is -0.167. The second kappa shape index (κ2) is 31.9. The van der Waals surface area contributed by atoms with Crippen LogP contribution in [-0.4, -0.2) is 107 Å². The number of nitrogens with zero attached hydrogens (tertiary/aromatic N) is 1. The summed E-state index contributed by atoms with van der Waals surface area (Å²) in [6.45, 7) is 6.59. The first-order valence-corrected chi connectivity index (χ1v) is 25.8. The van der Waals surface area contributed by atoms with Crippen LogP contribution in [0.1, 0.15) is 168 Å². The molecular weight excluding hydrogens is 845 g/mol. The summed E-state index contributed by atoms with van der Waals surface area (Å²) in [7, 11) is 0. The molecule has 4 saturated carbocycles. The van der Waals surface area contributed by atoms with Crippen molar-refractivity contribution in [3.8, 4) is 0 Å². The van der Waals surface area contributed by atoms with Crippen molar-refractivity contribution in [1.82, 2.24) is 10.2 Å². The van der Waals surface area contributed by atoms with E-state index in [0.29, 0.717) is 70.2 Å². The van der Waals surface area contributed by atoms with Crippen LogP contribution in [0.4, 0.5) is 4.79 Å². The fourth-order valence-electron chi connectivity index (χ4n) is 10.2. The molecule has 0 aromatic carbocycles. The Morgan fingerprint density at radius 2 is 0.970 bits per heavy atom. The van der Waals surface area contributed by atoms with Gasteiger partial charge in [0.1, 0.15) is 31.8 Å². The second-order valence-corrected chi connectivity index (χ2v) is 19.4. The summed E-state index contributed by atoms with van der Waals surface area (Å²) in [6, 6.07) is 0. The molecule has 5 fully saturated rings. The van der Waals surface area contributed by atoms with Gasteiger partial charge in [-0.2, -0.15) is 0 Å². The quantitative estimate of drug-likeness (QED) is 0.0276. The summed E-state index contributed by atoms with van der Waals surface area (Å²) in [4.78, 5) is 79.9. The zero-order valence-electron chi connectivity index (χ0n) is 40.6. The molecule has 1 aliphatic heterocycles. The number of likely N-dealkylation sites (tertiary alicyclic amines) is 1. The van der Waals surface area contributed by atoms with E-state index in [1.165, 1.54) is 6.42 Å². The summed E-state index contributed by atoms with van der Waals surface area (Å²) in [5, 5.41) is 2.79. The maximum atomic E-state index is 13.7. The Kier molecular flexibility index (Phi) is 26.4. The van der Waals surface area contributed by atoms with E-state index in [2.05, 4.69) is 48.4 Å². The van der Waals surface area contributed by atoms with Gasteiger partial charge in [-0.1, -0.05) is 38.2 Å². The molecule has 1 heterocycles. The van der Waals surface area contributed by atoms with Gasteiger partial charge in [-0.15, -0.1) is 0 Å². The maximum absolute atomic E-state index is 13.7. The summed E-state index contributed by atoms with van der Waals surface area (Å²) >= 11 is 0. The second-order valence-electron chi connectivity index (χ2n) is 19.4. The van der Waals surface area contributed by atoms with Crippen LogP contribution in [0.3, 0.4) is 0 Å². The number of nitrogens with one attached hydrogen (secondary N) is 1. The van der Waals surface area contributed by atoms with Gasteiger partial charge in [0.25, 0.3) is 0 Å². The molecule has 14 nitrogen and oxygen atoms in total. The maximum Gasteiger partial charge on any atom is 0.407 e. The van der Waals surface area contributed by atoms with Gasteiger partial charge in [-0.05, 0) is 165 Å². The minimum atomic E-state index is -1.40. The first-order chi connectivity index (χ1) is 32.1. The van der Waals surface area contributed by atoms with Crippen molar-refractivity contribution in [3.63, 3.8) is 0 Å². The predicted molar refractivity (Wildman–Crippen MR) is 251 cm³/mol. The van der Waals surface area contributed by atoms with Crippen LogP contribution in [0.25, 0.3) is 0 Å². The minimum Gasteiger partial charge on any atom is -0.466 e. The number of ether oxygens (including phenoxy) is 6. The first-order valence-electron chi connectivity index (χ1n) is 25.8. The van der Waals surface area contributed by atoms with Crippen LogP contribution in [0, 0.1) is 35.0 Å². The van der Waals surface area contributed by atoms with E-state index < -0.39 is 23.4 Å². The van der Waals surface area contributed by atoms with Crippen molar-refractivity contribution >= 4 is 35.9 Å². The summed E-state index contributed by atoms with van der Waals surface area (Å²) < 4.78 is 34.0. The van der Waals surface area contributed by atoms with Gasteiger partial charge in [0.15, 0.2) is 0 Å². The molecule has 0 aromatic heterocycles. The zero-order valence-corrected chi connectivity index (χ0v) is 40.6.